The summed E-state index contributed by atoms with van der Waals surface area (Å²) in [5.41, 5.74) is 8.05. The van der Waals surface area contributed by atoms with Crippen molar-refractivity contribution in [3.63, 3.8) is 0 Å². The number of hydrogen-bond donors (Lipinski definition) is 0. The molecule has 4 aliphatic rings. The monoisotopic (exact) mass is 1020 g/mol. The van der Waals surface area contributed by atoms with Gasteiger partial charge >= 0.3 is 13.9 Å². The maximum Gasteiger partial charge on any atom is 0.737 e. The first-order valence-corrected chi connectivity index (χ1v) is 24.1. The number of nitrogens with zero attached hydrogens (tertiary/aromatic N) is 5. The Morgan fingerprint density at radius 2 is 0.944 bits per heavy atom. The van der Waals surface area contributed by atoms with Crippen LogP contribution in [0.1, 0.15) is 65.7 Å². The quantitative estimate of drug-likeness (QED) is 0.0425. The van der Waals surface area contributed by atoms with Crippen LogP contribution in [0.15, 0.2) is 174 Å². The number of ketones is 2. The number of hydrogen-bond acceptors (Lipinski definition) is 4. The van der Waals surface area contributed by atoms with E-state index in [4.69, 9.17) is 9.47 Å². The summed E-state index contributed by atoms with van der Waals surface area (Å²) in [4.78, 5) is 27.1. The Morgan fingerprint density at radius 1 is 0.549 bits per heavy atom. The van der Waals surface area contributed by atoms with Crippen LogP contribution in [0.2, 0.25) is 0 Å². The topological polar surface area (TPSA) is 72.4 Å². The van der Waals surface area contributed by atoms with Crippen molar-refractivity contribution in [2.45, 2.75) is 34.4 Å². The summed E-state index contributed by atoms with van der Waals surface area (Å²) in [5.74, 6) is 0.666. The lowest BCUT2D eigenvalue weighted by atomic mass is 9.88. The molecular formula is C55H45B2BrF4N5O4+. The van der Waals surface area contributed by atoms with Crippen LogP contribution < -0.4 is 14.0 Å². The van der Waals surface area contributed by atoms with Crippen LogP contribution >= 0.6 is 15.9 Å². The molecule has 7 aromatic rings. The van der Waals surface area contributed by atoms with Crippen LogP contribution in [0.3, 0.4) is 0 Å². The van der Waals surface area contributed by atoms with Gasteiger partial charge in [0.25, 0.3) is 6.73 Å². The highest BCUT2D eigenvalue weighted by molar-refractivity contribution is 9.09. The number of fused-ring (bicyclic) bond motifs is 4. The van der Waals surface area contributed by atoms with Crippen LogP contribution in [-0.2, 0) is 6.73 Å². The third-order valence-electron chi connectivity index (χ3n) is 13.1. The van der Waals surface area contributed by atoms with Crippen LogP contribution in [0.4, 0.5) is 17.3 Å². The van der Waals surface area contributed by atoms with E-state index in [1.165, 1.54) is 12.4 Å². The summed E-state index contributed by atoms with van der Waals surface area (Å²) in [6.07, 6.45) is 9.93. The highest BCUT2D eigenvalue weighted by Gasteiger charge is 2.55. The van der Waals surface area contributed by atoms with E-state index in [2.05, 4.69) is 15.9 Å². The summed E-state index contributed by atoms with van der Waals surface area (Å²) >= 11 is 3.23. The number of carbonyl (C=O) groups is 2. The molecule has 0 amide bonds. The predicted molar refractivity (Wildman–Crippen MR) is 273 cm³/mol. The van der Waals surface area contributed by atoms with Gasteiger partial charge in [-0.1, -0.05) is 91.0 Å². The van der Waals surface area contributed by atoms with E-state index in [1.54, 1.807) is 123 Å². The minimum atomic E-state index is -4.19. The number of Topliss-reactive ketones (excluding diaryl/α,β-unsaturated/α-hetero) is 2. The number of carbonyl (C=O) groups excluding carboxylic acids is 2. The second-order valence-electron chi connectivity index (χ2n) is 17.7. The summed E-state index contributed by atoms with van der Waals surface area (Å²) in [6, 6.07) is 41.1. The van der Waals surface area contributed by atoms with E-state index in [-0.39, 0.29) is 22.7 Å². The van der Waals surface area contributed by atoms with E-state index >= 15 is 17.3 Å². The zero-order valence-corrected chi connectivity index (χ0v) is 40.7. The van der Waals surface area contributed by atoms with Gasteiger partial charge in [-0.05, 0) is 114 Å². The molecule has 7 heterocycles. The van der Waals surface area contributed by atoms with Crippen LogP contribution in [0.25, 0.3) is 23.3 Å². The van der Waals surface area contributed by atoms with E-state index in [1.807, 2.05) is 73.3 Å². The predicted octanol–water partition coefficient (Wildman–Crippen LogP) is 11.3. The van der Waals surface area contributed by atoms with Gasteiger partial charge in [0.1, 0.15) is 29.4 Å². The normalized spacial score (nSPS) is 15.8. The number of pyridine rings is 1. The van der Waals surface area contributed by atoms with Gasteiger partial charge in [0.15, 0.2) is 35.4 Å². The molecule has 0 fully saturated rings. The minimum absolute atomic E-state index is 0.235. The summed E-state index contributed by atoms with van der Waals surface area (Å²) < 4.78 is 81.0. The number of aromatic nitrogens is 3. The smallest absolute Gasteiger partial charge is 0.482 e. The molecule has 4 aromatic carbocycles. The van der Waals surface area contributed by atoms with Crippen molar-refractivity contribution in [2.75, 3.05) is 5.52 Å². The van der Waals surface area contributed by atoms with Crippen LogP contribution in [-0.4, -0.2) is 61.4 Å². The van der Waals surface area contributed by atoms with Gasteiger partial charge in [0, 0.05) is 46.8 Å². The zero-order valence-electron chi connectivity index (χ0n) is 39.1. The Balaban J connectivity index is 0.000000166. The third kappa shape index (κ3) is 8.35. The lowest BCUT2D eigenvalue weighted by molar-refractivity contribution is -0.724. The molecule has 4 aliphatic heterocycles. The molecule has 354 valence electrons. The van der Waals surface area contributed by atoms with Crippen molar-refractivity contribution in [1.82, 2.24) is 8.96 Å². The maximum atomic E-state index is 16.0. The van der Waals surface area contributed by atoms with Gasteiger partial charge in [-0.2, -0.15) is 4.57 Å². The van der Waals surface area contributed by atoms with Gasteiger partial charge in [0.2, 0.25) is 0 Å². The Hall–Kier alpha value is -7.84. The molecule has 0 spiro atoms. The average molecular weight is 1020 g/mol. The van der Waals surface area contributed by atoms with E-state index < -0.39 is 13.9 Å². The van der Waals surface area contributed by atoms with Crippen LogP contribution in [0, 0.1) is 27.7 Å². The molecule has 16 heteroatoms. The van der Waals surface area contributed by atoms with Crippen LogP contribution in [0.5, 0.6) is 11.5 Å². The Morgan fingerprint density at radius 3 is 1.35 bits per heavy atom. The Kier molecular flexibility index (Phi) is 12.2. The first kappa shape index (κ1) is 46.9. The van der Waals surface area contributed by atoms with Gasteiger partial charge < -0.3 is 44.7 Å². The van der Waals surface area contributed by atoms with Crippen molar-refractivity contribution in [3.8, 4) is 11.5 Å². The highest BCUT2D eigenvalue weighted by Crippen LogP contribution is 2.44. The number of aryl methyl sites for hydroxylation is 4. The van der Waals surface area contributed by atoms with Gasteiger partial charge in [-0.25, -0.2) is 0 Å². The van der Waals surface area contributed by atoms with Crippen molar-refractivity contribution < 1.29 is 49.9 Å². The molecule has 11 rings (SSSR count). The fourth-order valence-corrected chi connectivity index (χ4v) is 10.1. The first-order chi connectivity index (χ1) is 34.2. The summed E-state index contributed by atoms with van der Waals surface area (Å²) in [6.45, 7) is -1.02. The van der Waals surface area contributed by atoms with Gasteiger partial charge in [-0.15, -0.1) is 0 Å². The van der Waals surface area contributed by atoms with Crippen molar-refractivity contribution in [3.05, 3.63) is 231 Å². The van der Waals surface area contributed by atoms with Gasteiger partial charge in [0.05, 0.1) is 22.3 Å². The van der Waals surface area contributed by atoms with E-state index in [0.29, 0.717) is 91.3 Å². The number of alkyl halides is 1. The maximum absolute atomic E-state index is 16.0. The number of allylic oxidation sites excluding steroid dienone is 4. The van der Waals surface area contributed by atoms with Gasteiger partial charge in [-0.3, -0.25) is 9.59 Å². The standard InChI is InChI=1S/C30H25BF2N3O2.C25H20BBrF2N2O2/c1-21-17-22(2)36-27(21)18-28-29(23-11-13-25(14-12-23)38-20-34-15-7-4-8-16-34)26(19-35(28)31(36,32)33)30(37)24-9-5-3-6-10-24;1-16-12-17(2)31-22(16)13-23-24(18-8-10-20(11-9-18)33-15-27)21(14-30(23)26(31,28)29)25(32)19-6-4-3-5-7-19/h3-19H,20H2,1-2H3;3-14H,15H2,1-2H3/q+1;. The second-order valence-corrected chi connectivity index (χ2v) is 18.1. The molecule has 71 heavy (non-hydrogen) atoms. The lowest BCUT2D eigenvalue weighted by Gasteiger charge is -2.30. The SMILES string of the molecule is Cc1cc(C)n2c1C=C1C(c3ccc(OCBr)cc3)=C(C(=O)c3ccccc3)C=[N+]1[B-]2(F)F.Cc1cc(C)n2c1C=C1C(c3ccc(OC[n+]4ccccc4)cc3)=C(C(=O)c3ccccc3)C=[N+]1[B-]2(F)F. The fraction of sp³-hybridized carbons (Fsp3) is 0.109. The molecular weight excluding hydrogens is 972 g/mol. The fourth-order valence-electron chi connectivity index (χ4n) is 9.87. The zero-order chi connectivity index (χ0) is 49.8. The molecule has 3 aromatic heterocycles. The molecule has 0 bridgehead atoms. The van der Waals surface area contributed by atoms with E-state index in [9.17, 15) is 9.59 Å². The average Bonchev–Trinajstić information content (AvgIpc) is 4.12. The molecule has 0 aliphatic carbocycles. The number of ether oxygens (including phenoxy) is 2. The molecule has 0 N–H and O–H groups in total. The molecule has 0 unspecified atom stereocenters. The Bertz CT molecular complexity index is 3490. The largest absolute Gasteiger partial charge is 0.737 e. The number of benzene rings is 4. The molecule has 0 radical (unpaired) electrons. The third-order valence-corrected chi connectivity index (χ3v) is 13.4. The second kappa shape index (κ2) is 18.5. The molecule has 0 atom stereocenters. The highest BCUT2D eigenvalue weighted by atomic mass is 79.9. The molecule has 0 saturated carbocycles. The van der Waals surface area contributed by atoms with Crippen molar-refractivity contribution >= 4 is 77.2 Å². The van der Waals surface area contributed by atoms with Crippen molar-refractivity contribution in [2.24, 2.45) is 0 Å². The molecule has 0 saturated heterocycles. The van der Waals surface area contributed by atoms with E-state index in [0.717, 1.165) is 29.1 Å². The Labute approximate surface area is 416 Å². The first-order valence-electron chi connectivity index (χ1n) is 22.9. The molecule has 9 nitrogen and oxygen atoms in total. The minimum Gasteiger partial charge on any atom is -0.482 e. The number of rotatable bonds is 11. The lowest BCUT2D eigenvalue weighted by Crippen LogP contribution is -2.49. The summed E-state index contributed by atoms with van der Waals surface area (Å²) in [7, 11) is 0. The number of halogens is 5. The van der Waals surface area contributed by atoms with Crippen molar-refractivity contribution in [1.29, 1.82) is 0 Å². The summed E-state index contributed by atoms with van der Waals surface area (Å²) in [5, 5.41) is 0.